The zero-order valence-electron chi connectivity index (χ0n) is 8.11. The van der Waals surface area contributed by atoms with Gasteiger partial charge in [0.1, 0.15) is 11.5 Å². The first-order chi connectivity index (χ1) is 7.20. The van der Waals surface area contributed by atoms with E-state index in [4.69, 9.17) is 16.3 Å². The third-order valence-corrected chi connectivity index (χ3v) is 3.03. The molecule has 2 aliphatic rings. The summed E-state index contributed by atoms with van der Waals surface area (Å²) in [6.45, 7) is 0. The molecule has 0 N–H and O–H groups in total. The highest BCUT2D eigenvalue weighted by Crippen LogP contribution is 2.28. The second kappa shape index (κ2) is 4.19. The van der Waals surface area contributed by atoms with Crippen LogP contribution < -0.4 is 0 Å². The van der Waals surface area contributed by atoms with Crippen LogP contribution in [0.3, 0.4) is 0 Å². The van der Waals surface area contributed by atoms with Crippen LogP contribution in [0.4, 0.5) is 0 Å². The number of rotatable bonds is 1. The molecule has 2 unspecified atom stereocenters. The van der Waals surface area contributed by atoms with E-state index in [9.17, 15) is 9.59 Å². The van der Waals surface area contributed by atoms with Crippen LogP contribution in [-0.2, 0) is 14.3 Å². The van der Waals surface area contributed by atoms with Gasteiger partial charge in [-0.25, -0.2) is 4.79 Å². The average molecular weight is 227 g/mol. The van der Waals surface area contributed by atoms with Gasteiger partial charge in [-0.1, -0.05) is 18.2 Å². The fourth-order valence-electron chi connectivity index (χ4n) is 1.78. The van der Waals surface area contributed by atoms with Crippen molar-refractivity contribution < 1.29 is 14.3 Å². The highest BCUT2D eigenvalue weighted by molar-refractivity contribution is 6.50. The molecule has 1 fully saturated rings. The molecule has 1 aliphatic heterocycles. The summed E-state index contributed by atoms with van der Waals surface area (Å²) < 4.78 is 4.96. The zero-order chi connectivity index (χ0) is 10.8. The minimum Gasteiger partial charge on any atom is -0.450 e. The summed E-state index contributed by atoms with van der Waals surface area (Å²) in [5, 5.41) is -0.852. The smallest absolute Gasteiger partial charge is 0.377 e. The zero-order valence-corrected chi connectivity index (χ0v) is 8.87. The maximum atomic E-state index is 11.2. The molecule has 0 aromatic carbocycles. The monoisotopic (exact) mass is 226 g/mol. The van der Waals surface area contributed by atoms with Gasteiger partial charge in [-0.05, 0) is 24.8 Å². The van der Waals surface area contributed by atoms with Crippen LogP contribution in [0.1, 0.15) is 19.3 Å². The number of ketones is 1. The molecule has 2 rings (SSSR count). The molecule has 0 amide bonds. The fourth-order valence-corrected chi connectivity index (χ4v) is 2.08. The van der Waals surface area contributed by atoms with Crippen molar-refractivity contribution in [3.8, 4) is 0 Å². The van der Waals surface area contributed by atoms with Crippen LogP contribution in [0, 0.1) is 0 Å². The number of alkyl halides is 1. The normalized spacial score (nSPS) is 31.1. The molecule has 0 bridgehead atoms. The van der Waals surface area contributed by atoms with E-state index in [-0.39, 0.29) is 0 Å². The molecule has 3 nitrogen and oxygen atoms in total. The Hall–Kier alpha value is -1.09. The second-order valence-electron chi connectivity index (χ2n) is 3.65. The molecule has 0 aromatic heterocycles. The summed E-state index contributed by atoms with van der Waals surface area (Å²) in [4.78, 5) is 22.2. The number of carbonyl (C=O) groups excluding carboxylic acids is 2. The molecule has 0 saturated carbocycles. The van der Waals surface area contributed by atoms with Crippen molar-refractivity contribution in [2.24, 2.45) is 0 Å². The van der Waals surface area contributed by atoms with Gasteiger partial charge in [0.2, 0.25) is 0 Å². The summed E-state index contributed by atoms with van der Waals surface area (Å²) >= 11 is 5.85. The van der Waals surface area contributed by atoms with Crippen molar-refractivity contribution in [3.05, 3.63) is 23.8 Å². The van der Waals surface area contributed by atoms with Gasteiger partial charge in [-0.3, -0.25) is 4.79 Å². The van der Waals surface area contributed by atoms with E-state index in [1.165, 1.54) is 0 Å². The maximum Gasteiger partial charge on any atom is 0.377 e. The lowest BCUT2D eigenvalue weighted by Gasteiger charge is -2.14. The van der Waals surface area contributed by atoms with E-state index >= 15 is 0 Å². The lowest BCUT2D eigenvalue weighted by Crippen LogP contribution is -2.23. The number of cyclic esters (lactones) is 1. The van der Waals surface area contributed by atoms with E-state index in [0.717, 1.165) is 24.8 Å². The fraction of sp³-hybridized carbons (Fsp3) is 0.455. The molecule has 1 aliphatic carbocycles. The molecule has 0 spiro atoms. The number of Topliss-reactive ketones (excluding diaryl/α,β-unsaturated/α-hetero) is 1. The van der Waals surface area contributed by atoms with Crippen molar-refractivity contribution in [2.45, 2.75) is 30.7 Å². The third-order valence-electron chi connectivity index (χ3n) is 2.60. The van der Waals surface area contributed by atoms with Crippen molar-refractivity contribution in [1.82, 2.24) is 0 Å². The molecule has 1 saturated heterocycles. The molecule has 80 valence electrons. The van der Waals surface area contributed by atoms with E-state index in [2.05, 4.69) is 6.08 Å². The van der Waals surface area contributed by atoms with Crippen molar-refractivity contribution in [1.29, 1.82) is 0 Å². The van der Waals surface area contributed by atoms with Gasteiger partial charge in [0, 0.05) is 0 Å². The highest BCUT2D eigenvalue weighted by atomic mass is 35.5. The van der Waals surface area contributed by atoms with E-state index in [1.54, 1.807) is 0 Å². The number of esters is 1. The highest BCUT2D eigenvalue weighted by Gasteiger charge is 2.43. The largest absolute Gasteiger partial charge is 0.450 e. The van der Waals surface area contributed by atoms with Crippen LogP contribution in [0.25, 0.3) is 0 Å². The molecule has 1 heterocycles. The van der Waals surface area contributed by atoms with Crippen LogP contribution in [-0.4, -0.2) is 23.2 Å². The molecule has 0 radical (unpaired) electrons. The Morgan fingerprint density at radius 2 is 2.20 bits per heavy atom. The Kier molecular flexibility index (Phi) is 2.91. The third kappa shape index (κ3) is 1.97. The predicted octanol–water partition coefficient (Wildman–Crippen LogP) is 1.75. The maximum absolute atomic E-state index is 11.2. The Balaban J connectivity index is 2.18. The lowest BCUT2D eigenvalue weighted by molar-refractivity contribution is -0.148. The predicted molar refractivity (Wildman–Crippen MR) is 55.6 cm³/mol. The quantitative estimate of drug-likeness (QED) is 0.389. The van der Waals surface area contributed by atoms with Gasteiger partial charge in [-0.15, -0.1) is 11.6 Å². The van der Waals surface area contributed by atoms with Gasteiger partial charge in [0.25, 0.3) is 5.78 Å². The van der Waals surface area contributed by atoms with Crippen molar-refractivity contribution >= 4 is 23.4 Å². The van der Waals surface area contributed by atoms with Crippen LogP contribution in [0.5, 0.6) is 0 Å². The Morgan fingerprint density at radius 3 is 2.87 bits per heavy atom. The second-order valence-corrected chi connectivity index (χ2v) is 4.12. The number of hydrogen-bond acceptors (Lipinski definition) is 3. The number of ether oxygens (including phenoxy) is 1. The minimum absolute atomic E-state index is 0.561. The average Bonchev–Trinajstić information content (AvgIpc) is 2.51. The van der Waals surface area contributed by atoms with Crippen LogP contribution in [0.2, 0.25) is 0 Å². The lowest BCUT2D eigenvalue weighted by atomic mass is 10.0. The topological polar surface area (TPSA) is 43.4 Å². The van der Waals surface area contributed by atoms with Crippen LogP contribution in [0.15, 0.2) is 23.8 Å². The van der Waals surface area contributed by atoms with E-state index < -0.39 is 23.2 Å². The number of allylic oxidation sites excluding steroid dienone is 3. The van der Waals surface area contributed by atoms with Crippen molar-refractivity contribution in [2.75, 3.05) is 0 Å². The molecule has 2 atom stereocenters. The number of hydrogen-bond donors (Lipinski definition) is 0. The number of carbonyl (C=O) groups is 2. The van der Waals surface area contributed by atoms with Gasteiger partial charge in [-0.2, -0.15) is 0 Å². The van der Waals surface area contributed by atoms with Gasteiger partial charge < -0.3 is 4.74 Å². The molecule has 0 aromatic rings. The summed E-state index contributed by atoms with van der Waals surface area (Å²) in [5.41, 5.74) is 0.933. The Bertz CT molecular complexity index is 357. The molecule has 4 heteroatoms. The Morgan fingerprint density at radius 1 is 1.40 bits per heavy atom. The summed E-state index contributed by atoms with van der Waals surface area (Å²) in [6.07, 6.45) is 8.11. The first kappa shape index (κ1) is 10.4. The molecule has 15 heavy (non-hydrogen) atoms. The molecular formula is C11H11ClO3. The van der Waals surface area contributed by atoms with E-state index in [1.807, 2.05) is 12.2 Å². The summed E-state index contributed by atoms with van der Waals surface area (Å²) in [5.74, 6) is -1.44. The molecular weight excluding hydrogens is 216 g/mol. The van der Waals surface area contributed by atoms with Gasteiger partial charge in [0.15, 0.2) is 0 Å². The standard InChI is InChI=1S/C11H11ClO3/c12-8-9(13)11(14)15-10(8)7-5-3-1-2-4-6-7/h1,3,5,8,10H,2,4,6H2. The Labute approximate surface area is 92.7 Å². The first-order valence-electron chi connectivity index (χ1n) is 4.94. The minimum atomic E-state index is -0.852. The van der Waals surface area contributed by atoms with E-state index in [0.29, 0.717) is 0 Å². The SMILES string of the molecule is O=C1OC(C2=CC=CCCC2)C(Cl)C1=O. The first-order valence-corrected chi connectivity index (χ1v) is 5.38. The number of halogens is 1. The summed E-state index contributed by atoms with van der Waals surface area (Å²) in [6, 6.07) is 0. The van der Waals surface area contributed by atoms with Gasteiger partial charge >= 0.3 is 5.97 Å². The van der Waals surface area contributed by atoms with Crippen LogP contribution >= 0.6 is 11.6 Å². The van der Waals surface area contributed by atoms with Crippen molar-refractivity contribution in [3.63, 3.8) is 0 Å². The van der Waals surface area contributed by atoms with Gasteiger partial charge in [0.05, 0.1) is 0 Å². The summed E-state index contributed by atoms with van der Waals surface area (Å²) in [7, 11) is 0.